The molecule has 0 saturated heterocycles. The molecule has 8 atom stereocenters. The van der Waals surface area contributed by atoms with Gasteiger partial charge in [-0.15, -0.1) is 0 Å². The van der Waals surface area contributed by atoms with Crippen LogP contribution in [0.2, 0.25) is 0 Å². The topological polar surface area (TPSA) is 140 Å². The maximum absolute atomic E-state index is 10.6. The zero-order valence-corrected chi connectivity index (χ0v) is 36.2. The van der Waals surface area contributed by atoms with Gasteiger partial charge in [0.1, 0.15) is 0 Å². The Morgan fingerprint density at radius 3 is 0.980 bits per heavy atom. The van der Waals surface area contributed by atoms with Gasteiger partial charge in [-0.25, -0.2) is 8.42 Å². The zero-order chi connectivity index (χ0) is 36.9. The number of ether oxygens (including phenoxy) is 8. The van der Waals surface area contributed by atoms with Crippen molar-refractivity contribution in [1.29, 1.82) is 0 Å². The Balaban J connectivity index is 0. The molecule has 0 aliphatic rings. The first-order chi connectivity index (χ1) is 23.2. The van der Waals surface area contributed by atoms with Gasteiger partial charge in [0, 0.05) is 6.61 Å². The zero-order valence-electron chi connectivity index (χ0n) is 33.4. The molecule has 296 valence electrons. The Bertz CT molecular complexity index is 840. The third-order valence-corrected chi connectivity index (χ3v) is 8.15. The molecule has 0 aliphatic heterocycles. The molecule has 0 rings (SSSR count). The minimum atomic E-state index is -4.75. The summed E-state index contributed by atoms with van der Waals surface area (Å²) in [5.41, 5.74) is 0. The number of unbranched alkanes of at least 4 members (excludes halogenated alkanes) is 9. The summed E-state index contributed by atoms with van der Waals surface area (Å²) < 4.78 is 82.7. The van der Waals surface area contributed by atoms with Gasteiger partial charge in [0.25, 0.3) is 0 Å². The predicted molar refractivity (Wildman–Crippen MR) is 191 cm³/mol. The van der Waals surface area contributed by atoms with Crippen LogP contribution < -0.4 is 29.6 Å². The fraction of sp³-hybridized carbons (Fsp3) is 1.00. The van der Waals surface area contributed by atoms with Crippen LogP contribution in [0.3, 0.4) is 0 Å². The van der Waals surface area contributed by atoms with Gasteiger partial charge in [-0.05, 0) is 61.8 Å². The maximum Gasteiger partial charge on any atom is 1.00 e. The third kappa shape index (κ3) is 36.9. The van der Waals surface area contributed by atoms with Crippen LogP contribution in [-0.4, -0.2) is 121 Å². The summed E-state index contributed by atoms with van der Waals surface area (Å²) in [4.78, 5) is 0. The summed E-state index contributed by atoms with van der Waals surface area (Å²) in [5, 5.41) is 0. The van der Waals surface area contributed by atoms with Crippen molar-refractivity contribution in [3.8, 4) is 0 Å². The average molecular weight is 753 g/mol. The minimum Gasteiger partial charge on any atom is -0.726 e. The second-order valence-corrected chi connectivity index (χ2v) is 14.6. The molecule has 12 nitrogen and oxygen atoms in total. The van der Waals surface area contributed by atoms with E-state index in [0.717, 1.165) is 13.0 Å². The molecule has 0 fully saturated rings. The minimum absolute atomic E-state index is 0. The van der Waals surface area contributed by atoms with E-state index in [4.69, 9.17) is 37.9 Å². The van der Waals surface area contributed by atoms with Crippen molar-refractivity contribution < 1.29 is 84.6 Å². The summed E-state index contributed by atoms with van der Waals surface area (Å²) >= 11 is 0. The van der Waals surface area contributed by atoms with Gasteiger partial charge in [-0.3, -0.25) is 4.18 Å². The third-order valence-electron chi connectivity index (χ3n) is 7.59. The Hall–Kier alpha value is 0.550. The van der Waals surface area contributed by atoms with Crippen LogP contribution in [-0.2, 0) is 52.5 Å². The molecule has 0 N–H and O–H groups in total. The standard InChI is InChI=1S/C36H74O12S.Na/c1-10-11-12-13-14-15-16-17-18-19-20-40-21-29(2)41-22-30(3)42-23-31(4)43-24-32(5)44-25-33(6)45-26-34(7)46-27-35(8)47-28-36(9)48-49(37,38)39;/h29-36H,10-28H2,1-9H3,(H,37,38,39);/q;+1/p-1. The van der Waals surface area contributed by atoms with Crippen molar-refractivity contribution in [2.75, 3.05) is 59.5 Å². The molecule has 50 heavy (non-hydrogen) atoms. The van der Waals surface area contributed by atoms with Crippen molar-refractivity contribution in [3.63, 3.8) is 0 Å². The summed E-state index contributed by atoms with van der Waals surface area (Å²) in [7, 11) is -4.75. The molecular weight excluding hydrogens is 679 g/mol. The van der Waals surface area contributed by atoms with E-state index in [1.165, 1.54) is 64.7 Å². The van der Waals surface area contributed by atoms with Crippen molar-refractivity contribution in [1.82, 2.24) is 0 Å². The van der Waals surface area contributed by atoms with Gasteiger partial charge in [0.15, 0.2) is 0 Å². The maximum atomic E-state index is 10.6. The van der Waals surface area contributed by atoms with E-state index < -0.39 is 16.5 Å². The molecule has 0 radical (unpaired) electrons. The Kier molecular flexibility index (Phi) is 35.9. The molecule has 0 aliphatic carbocycles. The number of hydrogen-bond donors (Lipinski definition) is 0. The van der Waals surface area contributed by atoms with Crippen LogP contribution in [0.4, 0.5) is 0 Å². The predicted octanol–water partition coefficient (Wildman–Crippen LogP) is 3.63. The van der Waals surface area contributed by atoms with E-state index in [0.29, 0.717) is 39.6 Å². The normalized spacial score (nSPS) is 17.0. The summed E-state index contributed by atoms with van der Waals surface area (Å²) in [6.45, 7) is 21.1. The van der Waals surface area contributed by atoms with Crippen LogP contribution in [0.25, 0.3) is 0 Å². The van der Waals surface area contributed by atoms with E-state index in [1.54, 1.807) is 6.92 Å². The Morgan fingerprint density at radius 2 is 0.680 bits per heavy atom. The Morgan fingerprint density at radius 1 is 0.420 bits per heavy atom. The molecule has 0 saturated carbocycles. The van der Waals surface area contributed by atoms with Crippen molar-refractivity contribution in [2.24, 2.45) is 0 Å². The second-order valence-electron chi connectivity index (χ2n) is 13.6. The molecule has 0 aromatic rings. The van der Waals surface area contributed by atoms with Gasteiger partial charge in [-0.2, -0.15) is 0 Å². The monoisotopic (exact) mass is 752 g/mol. The van der Waals surface area contributed by atoms with Crippen LogP contribution in [0.5, 0.6) is 0 Å². The largest absolute Gasteiger partial charge is 1.00 e. The van der Waals surface area contributed by atoms with Crippen LogP contribution in [0.15, 0.2) is 0 Å². The van der Waals surface area contributed by atoms with Crippen molar-refractivity contribution >= 4 is 10.4 Å². The fourth-order valence-electron chi connectivity index (χ4n) is 4.61. The molecule has 0 spiro atoms. The van der Waals surface area contributed by atoms with E-state index in [9.17, 15) is 13.0 Å². The Labute approximate surface area is 328 Å². The first-order valence-corrected chi connectivity index (χ1v) is 20.1. The van der Waals surface area contributed by atoms with Gasteiger partial charge >= 0.3 is 29.6 Å². The summed E-state index contributed by atoms with van der Waals surface area (Å²) in [6, 6.07) is 0. The van der Waals surface area contributed by atoms with Crippen LogP contribution in [0, 0.1) is 0 Å². The fourth-order valence-corrected chi connectivity index (χ4v) is 5.06. The molecule has 0 aromatic heterocycles. The summed E-state index contributed by atoms with van der Waals surface area (Å²) in [6.07, 6.45) is 11.5. The van der Waals surface area contributed by atoms with Crippen LogP contribution >= 0.6 is 0 Å². The first kappa shape index (κ1) is 52.7. The smallest absolute Gasteiger partial charge is 0.726 e. The quantitative estimate of drug-likeness (QED) is 0.0400. The van der Waals surface area contributed by atoms with E-state index >= 15 is 0 Å². The molecule has 0 aromatic carbocycles. The summed E-state index contributed by atoms with van der Waals surface area (Å²) in [5.74, 6) is 0. The van der Waals surface area contributed by atoms with Gasteiger partial charge in [0.2, 0.25) is 10.4 Å². The van der Waals surface area contributed by atoms with E-state index in [2.05, 4.69) is 11.1 Å². The van der Waals surface area contributed by atoms with Crippen LogP contribution in [0.1, 0.15) is 127 Å². The second kappa shape index (κ2) is 34.1. The molecular formula is C36H73NaO12S. The van der Waals surface area contributed by atoms with Gasteiger partial charge < -0.3 is 42.4 Å². The molecule has 14 heteroatoms. The van der Waals surface area contributed by atoms with Gasteiger partial charge in [-0.1, -0.05) is 64.7 Å². The first-order valence-electron chi connectivity index (χ1n) is 18.7. The van der Waals surface area contributed by atoms with Crippen molar-refractivity contribution in [3.05, 3.63) is 0 Å². The molecule has 8 unspecified atom stereocenters. The van der Waals surface area contributed by atoms with E-state index in [-0.39, 0.29) is 85.5 Å². The SMILES string of the molecule is CCCCCCCCCCCCOCC(C)OCC(C)OCC(C)OCC(C)OCC(C)OCC(C)OCC(C)OCC(C)OS(=O)(=O)[O-].[Na+]. The number of rotatable bonds is 36. The number of hydrogen-bond acceptors (Lipinski definition) is 12. The van der Waals surface area contributed by atoms with Crippen molar-refractivity contribution in [2.45, 2.75) is 175 Å². The average Bonchev–Trinajstić information content (AvgIpc) is 3.04. The molecule has 0 bridgehead atoms. The van der Waals surface area contributed by atoms with E-state index in [1.807, 2.05) is 41.5 Å². The molecule has 0 amide bonds. The molecule has 0 heterocycles. The van der Waals surface area contributed by atoms with Gasteiger partial charge in [0.05, 0.1) is 102 Å².